The minimum absolute atomic E-state index is 0.356. The number of para-hydroxylation sites is 1. The average Bonchev–Trinajstić information content (AvgIpc) is 3.33. The van der Waals surface area contributed by atoms with Crippen LogP contribution in [0, 0.1) is 0 Å². The fourth-order valence-electron chi connectivity index (χ4n) is 5.15. The molecule has 1 atom stereocenters. The van der Waals surface area contributed by atoms with Crippen molar-refractivity contribution in [2.45, 2.75) is 63.9 Å². The predicted molar refractivity (Wildman–Crippen MR) is 130 cm³/mol. The van der Waals surface area contributed by atoms with E-state index in [0.717, 1.165) is 44.6 Å². The molecule has 0 saturated carbocycles. The van der Waals surface area contributed by atoms with Gasteiger partial charge >= 0.3 is 0 Å². The molecule has 0 N–H and O–H groups in total. The maximum atomic E-state index is 6.52. The molecule has 0 aromatic heterocycles. The number of hydrogen-bond acceptors (Lipinski definition) is 3. The van der Waals surface area contributed by atoms with Gasteiger partial charge in [-0.3, -0.25) is 0 Å². The van der Waals surface area contributed by atoms with Crippen LogP contribution >= 0.6 is 0 Å². The quantitative estimate of drug-likeness (QED) is 0.455. The average molecular weight is 421 g/mol. The maximum Gasteiger partial charge on any atom is 0.122 e. The highest BCUT2D eigenvalue weighted by Crippen LogP contribution is 2.26. The Morgan fingerprint density at radius 2 is 1.55 bits per heavy atom. The van der Waals surface area contributed by atoms with Gasteiger partial charge in [-0.15, -0.1) is 0 Å². The smallest absolute Gasteiger partial charge is 0.122 e. The fourth-order valence-corrected chi connectivity index (χ4v) is 5.15. The second-order valence-corrected chi connectivity index (χ2v) is 9.54. The number of ether oxygens (including phenoxy) is 1. The minimum atomic E-state index is 0.356. The molecule has 31 heavy (non-hydrogen) atoms. The zero-order chi connectivity index (χ0) is 21.3. The Hall–Kier alpha value is -1.84. The van der Waals surface area contributed by atoms with Crippen LogP contribution in [0.3, 0.4) is 0 Å². The Balaban J connectivity index is 1.20. The standard InChI is InChI=1S/C28H40N2O/c1-24(25-11-3-2-4-12-25)23-30-21-16-27(17-22-30)31-28-15-6-5-13-26(28)14-7-8-18-29-19-9-10-20-29/h2-6,11-13,15,24,27H,7-10,14,16-23H2,1H3. The molecule has 2 aliphatic heterocycles. The van der Waals surface area contributed by atoms with Crippen molar-refractivity contribution < 1.29 is 4.74 Å². The van der Waals surface area contributed by atoms with Gasteiger partial charge in [0.2, 0.25) is 0 Å². The minimum Gasteiger partial charge on any atom is -0.490 e. The Labute approximate surface area is 189 Å². The summed E-state index contributed by atoms with van der Waals surface area (Å²) < 4.78 is 6.52. The van der Waals surface area contributed by atoms with E-state index in [0.29, 0.717) is 12.0 Å². The summed E-state index contributed by atoms with van der Waals surface area (Å²) in [5.41, 5.74) is 2.84. The van der Waals surface area contributed by atoms with Crippen LogP contribution in [0.1, 0.15) is 62.5 Å². The molecule has 0 aliphatic carbocycles. The summed E-state index contributed by atoms with van der Waals surface area (Å²) in [6.07, 6.45) is 9.09. The molecule has 1 unspecified atom stereocenters. The van der Waals surface area contributed by atoms with Crippen LogP contribution in [-0.4, -0.2) is 55.2 Å². The van der Waals surface area contributed by atoms with Gasteiger partial charge in [-0.2, -0.15) is 0 Å². The monoisotopic (exact) mass is 420 g/mol. The van der Waals surface area contributed by atoms with Crippen LogP contribution in [0.25, 0.3) is 0 Å². The van der Waals surface area contributed by atoms with Crippen molar-refractivity contribution in [2.24, 2.45) is 0 Å². The molecule has 2 fully saturated rings. The van der Waals surface area contributed by atoms with Crippen molar-refractivity contribution in [3.63, 3.8) is 0 Å². The number of aryl methyl sites for hydroxylation is 1. The summed E-state index contributed by atoms with van der Waals surface area (Å²) in [5.74, 6) is 1.71. The summed E-state index contributed by atoms with van der Waals surface area (Å²) >= 11 is 0. The summed E-state index contributed by atoms with van der Waals surface area (Å²) in [4.78, 5) is 5.23. The molecule has 2 heterocycles. The van der Waals surface area contributed by atoms with E-state index >= 15 is 0 Å². The Morgan fingerprint density at radius 1 is 0.839 bits per heavy atom. The first kappa shape index (κ1) is 22.4. The molecule has 0 amide bonds. The summed E-state index contributed by atoms with van der Waals surface area (Å²) in [6, 6.07) is 19.6. The van der Waals surface area contributed by atoms with Crippen molar-refractivity contribution in [2.75, 3.05) is 39.3 Å². The Morgan fingerprint density at radius 3 is 2.32 bits per heavy atom. The van der Waals surface area contributed by atoms with Gasteiger partial charge in [0.25, 0.3) is 0 Å². The number of benzene rings is 2. The normalized spacial score (nSPS) is 19.5. The lowest BCUT2D eigenvalue weighted by Gasteiger charge is -2.34. The van der Waals surface area contributed by atoms with Crippen molar-refractivity contribution in [3.8, 4) is 5.75 Å². The van der Waals surface area contributed by atoms with Crippen molar-refractivity contribution in [3.05, 3.63) is 65.7 Å². The van der Waals surface area contributed by atoms with Crippen LogP contribution in [0.15, 0.2) is 54.6 Å². The van der Waals surface area contributed by atoms with E-state index in [4.69, 9.17) is 4.74 Å². The largest absolute Gasteiger partial charge is 0.490 e. The van der Waals surface area contributed by atoms with Crippen LogP contribution in [0.5, 0.6) is 5.75 Å². The van der Waals surface area contributed by atoms with Crippen LogP contribution in [0.2, 0.25) is 0 Å². The zero-order valence-corrected chi connectivity index (χ0v) is 19.3. The maximum absolute atomic E-state index is 6.52. The van der Waals surface area contributed by atoms with Gasteiger partial charge in [0.15, 0.2) is 0 Å². The van der Waals surface area contributed by atoms with Crippen LogP contribution in [0.4, 0.5) is 0 Å². The molecule has 2 saturated heterocycles. The van der Waals surface area contributed by atoms with Crippen LogP contribution in [-0.2, 0) is 6.42 Å². The van der Waals surface area contributed by atoms with Gasteiger partial charge < -0.3 is 14.5 Å². The molecule has 0 bridgehead atoms. The molecule has 4 rings (SSSR count). The molecule has 2 aliphatic rings. The Kier molecular flexibility index (Phi) is 8.43. The highest BCUT2D eigenvalue weighted by Gasteiger charge is 2.22. The molecular weight excluding hydrogens is 380 g/mol. The third-order valence-corrected chi connectivity index (χ3v) is 7.07. The van der Waals surface area contributed by atoms with Gasteiger partial charge in [0.1, 0.15) is 11.9 Å². The lowest BCUT2D eigenvalue weighted by Crippen LogP contribution is -2.40. The number of piperidine rings is 1. The van der Waals surface area contributed by atoms with E-state index < -0.39 is 0 Å². The van der Waals surface area contributed by atoms with Crippen molar-refractivity contribution in [1.82, 2.24) is 9.80 Å². The van der Waals surface area contributed by atoms with Gasteiger partial charge in [0.05, 0.1) is 0 Å². The van der Waals surface area contributed by atoms with E-state index in [-0.39, 0.29) is 0 Å². The topological polar surface area (TPSA) is 15.7 Å². The number of unbranched alkanes of at least 4 members (excludes halogenated alkanes) is 1. The Bertz CT molecular complexity index is 764. The highest BCUT2D eigenvalue weighted by molar-refractivity contribution is 5.33. The van der Waals surface area contributed by atoms with Gasteiger partial charge in [-0.05, 0) is 87.7 Å². The molecule has 0 radical (unpaired) electrons. The number of hydrogen-bond donors (Lipinski definition) is 0. The van der Waals surface area contributed by atoms with Gasteiger partial charge in [-0.1, -0.05) is 55.5 Å². The van der Waals surface area contributed by atoms with E-state index in [1.54, 1.807) is 0 Å². The molecule has 2 aromatic rings. The van der Waals surface area contributed by atoms with Crippen molar-refractivity contribution in [1.29, 1.82) is 0 Å². The number of likely N-dealkylation sites (tertiary alicyclic amines) is 2. The van der Waals surface area contributed by atoms with E-state index in [9.17, 15) is 0 Å². The van der Waals surface area contributed by atoms with E-state index in [1.165, 1.54) is 56.4 Å². The molecule has 3 nitrogen and oxygen atoms in total. The second kappa shape index (κ2) is 11.7. The first-order valence-corrected chi connectivity index (χ1v) is 12.5. The lowest BCUT2D eigenvalue weighted by atomic mass is 9.99. The van der Waals surface area contributed by atoms with Gasteiger partial charge in [0, 0.05) is 19.6 Å². The zero-order valence-electron chi connectivity index (χ0n) is 19.3. The van der Waals surface area contributed by atoms with Crippen LogP contribution < -0.4 is 4.74 Å². The predicted octanol–water partition coefficient (Wildman–Crippen LogP) is 5.75. The van der Waals surface area contributed by atoms with E-state index in [2.05, 4.69) is 71.3 Å². The first-order chi connectivity index (χ1) is 15.3. The highest BCUT2D eigenvalue weighted by atomic mass is 16.5. The molecular formula is C28H40N2O. The SMILES string of the molecule is CC(CN1CCC(Oc2ccccc2CCCCN2CCCC2)CC1)c1ccccc1. The van der Waals surface area contributed by atoms with E-state index in [1.807, 2.05) is 0 Å². The number of nitrogens with zero attached hydrogens (tertiary/aromatic N) is 2. The molecule has 168 valence electrons. The lowest BCUT2D eigenvalue weighted by molar-refractivity contribution is 0.0970. The fraction of sp³-hybridized carbons (Fsp3) is 0.571. The third-order valence-electron chi connectivity index (χ3n) is 7.07. The third kappa shape index (κ3) is 6.82. The van der Waals surface area contributed by atoms with Gasteiger partial charge in [-0.25, -0.2) is 0 Å². The number of rotatable bonds is 10. The summed E-state index contributed by atoms with van der Waals surface area (Å²) in [5, 5.41) is 0. The molecule has 3 heteroatoms. The molecule has 2 aromatic carbocycles. The summed E-state index contributed by atoms with van der Waals surface area (Å²) in [6.45, 7) is 9.65. The summed E-state index contributed by atoms with van der Waals surface area (Å²) in [7, 11) is 0. The first-order valence-electron chi connectivity index (χ1n) is 12.5. The molecule has 0 spiro atoms. The van der Waals surface area contributed by atoms with Crippen molar-refractivity contribution >= 4 is 0 Å². The second-order valence-electron chi connectivity index (χ2n) is 9.54.